The van der Waals surface area contributed by atoms with Gasteiger partial charge >= 0.3 is 0 Å². The van der Waals surface area contributed by atoms with E-state index in [0.29, 0.717) is 4.47 Å². The van der Waals surface area contributed by atoms with Crippen molar-refractivity contribution in [2.24, 2.45) is 0 Å². The van der Waals surface area contributed by atoms with Crippen LogP contribution in [0.15, 0.2) is 39.5 Å². The van der Waals surface area contributed by atoms with Crippen molar-refractivity contribution >= 4 is 27.3 Å². The molecule has 1 aromatic carbocycles. The molecule has 0 amide bonds. The Hall–Kier alpha value is -0.750. The van der Waals surface area contributed by atoms with Crippen molar-refractivity contribution in [3.63, 3.8) is 0 Å². The number of nitrogens with zero attached hydrogens (tertiary/aromatic N) is 1. The van der Waals surface area contributed by atoms with Gasteiger partial charge in [0, 0.05) is 26.2 Å². The van der Waals surface area contributed by atoms with E-state index in [4.69, 9.17) is 0 Å². The summed E-state index contributed by atoms with van der Waals surface area (Å²) in [5.74, 6) is -0.196. The molecule has 1 N–H and O–H groups in total. The quantitative estimate of drug-likeness (QED) is 0.904. The van der Waals surface area contributed by atoms with Crippen LogP contribution in [0.5, 0.6) is 0 Å². The van der Waals surface area contributed by atoms with Crippen LogP contribution in [0, 0.1) is 5.82 Å². The first-order valence-corrected chi connectivity index (χ1v) is 8.41. The molecule has 2 heterocycles. The van der Waals surface area contributed by atoms with Gasteiger partial charge in [0.1, 0.15) is 5.82 Å². The molecule has 2 aromatic rings. The maximum absolute atomic E-state index is 13.9. The van der Waals surface area contributed by atoms with Crippen LogP contribution in [0.2, 0.25) is 0 Å². The van der Waals surface area contributed by atoms with Crippen LogP contribution in [0.3, 0.4) is 0 Å². The zero-order valence-corrected chi connectivity index (χ0v) is 13.4. The molecule has 0 spiro atoms. The molecule has 0 aliphatic carbocycles. The molecule has 1 fully saturated rings. The Morgan fingerprint density at radius 3 is 2.75 bits per heavy atom. The summed E-state index contributed by atoms with van der Waals surface area (Å²) >= 11 is 5.10. The average molecular weight is 355 g/mol. The molecule has 5 heteroatoms. The highest BCUT2D eigenvalue weighted by Crippen LogP contribution is 2.35. The molecule has 0 saturated carbocycles. The number of thiophene rings is 1. The van der Waals surface area contributed by atoms with Gasteiger partial charge < -0.3 is 5.32 Å². The first kappa shape index (κ1) is 14.2. The third-order valence-electron chi connectivity index (χ3n) is 3.65. The highest BCUT2D eigenvalue weighted by molar-refractivity contribution is 9.10. The molecule has 1 aliphatic heterocycles. The summed E-state index contributed by atoms with van der Waals surface area (Å²) in [4.78, 5) is 2.41. The summed E-state index contributed by atoms with van der Waals surface area (Å²) in [5.41, 5.74) is 2.24. The Kier molecular flexibility index (Phi) is 4.51. The lowest BCUT2D eigenvalue weighted by atomic mass is 9.98. The lowest BCUT2D eigenvalue weighted by Crippen LogP contribution is -2.45. The summed E-state index contributed by atoms with van der Waals surface area (Å²) < 4.78 is 14.5. The van der Waals surface area contributed by atoms with Gasteiger partial charge in [0.15, 0.2) is 0 Å². The Morgan fingerprint density at radius 2 is 2.05 bits per heavy atom. The smallest absolute Gasteiger partial charge is 0.137 e. The van der Waals surface area contributed by atoms with Crippen molar-refractivity contribution in [2.75, 3.05) is 26.2 Å². The van der Waals surface area contributed by atoms with E-state index >= 15 is 0 Å². The first-order chi connectivity index (χ1) is 9.77. The molecule has 1 atom stereocenters. The van der Waals surface area contributed by atoms with E-state index in [1.165, 1.54) is 11.6 Å². The topological polar surface area (TPSA) is 15.3 Å². The lowest BCUT2D eigenvalue weighted by molar-refractivity contribution is 0.198. The molecule has 3 rings (SSSR count). The van der Waals surface area contributed by atoms with Gasteiger partial charge in [-0.25, -0.2) is 4.39 Å². The molecular formula is C15H16BrFN2S. The van der Waals surface area contributed by atoms with Crippen molar-refractivity contribution < 1.29 is 4.39 Å². The van der Waals surface area contributed by atoms with E-state index in [9.17, 15) is 4.39 Å². The maximum atomic E-state index is 13.9. The van der Waals surface area contributed by atoms with Crippen LogP contribution in [0.25, 0.3) is 0 Å². The standard InChI is InChI=1S/C15H16BrFN2S/c16-14-12(2-1-3-13(14)17)15(11-4-9-20-10-11)19-7-5-18-6-8-19/h1-4,9-10,15,18H,5-8H2/t15-/m1/s1. The second kappa shape index (κ2) is 6.35. The van der Waals surface area contributed by atoms with Crippen LogP contribution >= 0.6 is 27.3 Å². The van der Waals surface area contributed by atoms with Crippen molar-refractivity contribution in [3.8, 4) is 0 Å². The number of rotatable bonds is 3. The Balaban J connectivity index is 2.03. The van der Waals surface area contributed by atoms with E-state index in [0.717, 1.165) is 31.7 Å². The van der Waals surface area contributed by atoms with Crippen molar-refractivity contribution in [3.05, 3.63) is 56.4 Å². The SMILES string of the molecule is Fc1cccc([C@@H](c2ccsc2)N2CCNCC2)c1Br. The monoisotopic (exact) mass is 354 g/mol. The minimum atomic E-state index is -0.196. The molecule has 106 valence electrons. The highest BCUT2D eigenvalue weighted by atomic mass is 79.9. The van der Waals surface area contributed by atoms with Crippen molar-refractivity contribution in [1.82, 2.24) is 10.2 Å². The third kappa shape index (κ3) is 2.81. The molecule has 1 saturated heterocycles. The number of piperazine rings is 1. The third-order valence-corrected chi connectivity index (χ3v) is 5.19. The normalized spacial score (nSPS) is 18.1. The van der Waals surface area contributed by atoms with Gasteiger partial charge in [-0.1, -0.05) is 12.1 Å². The molecule has 0 radical (unpaired) electrons. The van der Waals surface area contributed by atoms with E-state index in [-0.39, 0.29) is 11.9 Å². The van der Waals surface area contributed by atoms with E-state index < -0.39 is 0 Å². The molecule has 0 bridgehead atoms. The maximum Gasteiger partial charge on any atom is 0.137 e. The minimum Gasteiger partial charge on any atom is -0.314 e. The second-order valence-corrected chi connectivity index (χ2v) is 6.46. The fourth-order valence-electron chi connectivity index (χ4n) is 2.69. The predicted molar refractivity (Wildman–Crippen MR) is 84.7 cm³/mol. The molecule has 1 aromatic heterocycles. The zero-order chi connectivity index (χ0) is 13.9. The summed E-state index contributed by atoms with van der Waals surface area (Å²) in [7, 11) is 0. The van der Waals surface area contributed by atoms with E-state index in [1.54, 1.807) is 17.4 Å². The van der Waals surface area contributed by atoms with Crippen LogP contribution in [-0.4, -0.2) is 31.1 Å². The first-order valence-electron chi connectivity index (χ1n) is 6.68. The van der Waals surface area contributed by atoms with Gasteiger partial charge in [0.05, 0.1) is 10.5 Å². The van der Waals surface area contributed by atoms with Gasteiger partial charge in [-0.05, 0) is 49.9 Å². The largest absolute Gasteiger partial charge is 0.314 e. The number of hydrogen-bond donors (Lipinski definition) is 1. The van der Waals surface area contributed by atoms with Gasteiger partial charge in [0.25, 0.3) is 0 Å². The fourth-order valence-corrected chi connectivity index (χ4v) is 3.85. The number of hydrogen-bond acceptors (Lipinski definition) is 3. The van der Waals surface area contributed by atoms with Gasteiger partial charge in [-0.15, -0.1) is 0 Å². The summed E-state index contributed by atoms with van der Waals surface area (Å²) in [6.45, 7) is 3.91. The molecule has 2 nitrogen and oxygen atoms in total. The Labute approximate surface area is 130 Å². The van der Waals surface area contributed by atoms with Crippen LogP contribution in [0.4, 0.5) is 4.39 Å². The average Bonchev–Trinajstić information content (AvgIpc) is 2.99. The van der Waals surface area contributed by atoms with Crippen LogP contribution in [-0.2, 0) is 0 Å². The van der Waals surface area contributed by atoms with Crippen molar-refractivity contribution in [2.45, 2.75) is 6.04 Å². The molecule has 1 aliphatic rings. The Bertz CT molecular complexity index is 567. The van der Waals surface area contributed by atoms with Crippen LogP contribution in [0.1, 0.15) is 17.2 Å². The summed E-state index contributed by atoms with van der Waals surface area (Å²) in [6.07, 6.45) is 0. The predicted octanol–water partition coefficient (Wildman–Crippen LogP) is 3.64. The van der Waals surface area contributed by atoms with E-state index in [2.05, 4.69) is 43.0 Å². The fraction of sp³-hybridized carbons (Fsp3) is 0.333. The minimum absolute atomic E-state index is 0.119. The highest BCUT2D eigenvalue weighted by Gasteiger charge is 2.26. The summed E-state index contributed by atoms with van der Waals surface area (Å²) in [5, 5.41) is 7.61. The number of halogens is 2. The van der Waals surface area contributed by atoms with Gasteiger partial charge in [-0.3, -0.25) is 4.90 Å². The molecule has 20 heavy (non-hydrogen) atoms. The summed E-state index contributed by atoms with van der Waals surface area (Å²) in [6, 6.07) is 7.55. The van der Waals surface area contributed by atoms with Crippen molar-refractivity contribution in [1.29, 1.82) is 0 Å². The molecule has 0 unspecified atom stereocenters. The molecular weight excluding hydrogens is 339 g/mol. The van der Waals surface area contributed by atoms with Gasteiger partial charge in [-0.2, -0.15) is 11.3 Å². The Morgan fingerprint density at radius 1 is 1.25 bits per heavy atom. The number of benzene rings is 1. The van der Waals surface area contributed by atoms with Gasteiger partial charge in [0.2, 0.25) is 0 Å². The van der Waals surface area contributed by atoms with E-state index in [1.807, 2.05) is 6.07 Å². The zero-order valence-electron chi connectivity index (χ0n) is 11.0. The number of nitrogens with one attached hydrogen (secondary N) is 1. The lowest BCUT2D eigenvalue weighted by Gasteiger charge is -2.35. The van der Waals surface area contributed by atoms with Crippen LogP contribution < -0.4 is 5.32 Å². The second-order valence-electron chi connectivity index (χ2n) is 4.89.